The first-order valence-electron chi connectivity index (χ1n) is 5.49. The molecular weight excluding hydrogens is 260 g/mol. The van der Waals surface area contributed by atoms with E-state index in [1.165, 1.54) is 0 Å². The van der Waals surface area contributed by atoms with Gasteiger partial charge in [0.1, 0.15) is 36.5 Å². The lowest BCUT2D eigenvalue weighted by atomic mass is 9.90. The molecule has 0 amide bonds. The molecule has 0 bridgehead atoms. The molecule has 10 heteroatoms. The first-order valence-corrected chi connectivity index (χ1v) is 5.49. The Morgan fingerprint density at radius 1 is 1.32 bits per heavy atom. The molecule has 10 N–H and O–H groups in total. The number of hydrogen-bond donors (Lipinski definition) is 7. The van der Waals surface area contributed by atoms with Crippen LogP contribution in [0.15, 0.2) is 4.99 Å². The third-order valence-electron chi connectivity index (χ3n) is 2.87. The van der Waals surface area contributed by atoms with Crippen LogP contribution in [-0.4, -0.2) is 75.5 Å². The Balaban J connectivity index is 3.03. The Hall–Kier alpha value is -1.46. The van der Waals surface area contributed by atoms with Gasteiger partial charge in [-0.15, -0.1) is 0 Å². The van der Waals surface area contributed by atoms with Crippen LogP contribution in [-0.2, 0) is 9.53 Å². The average molecular weight is 278 g/mol. The minimum Gasteiger partial charge on any atom is -0.480 e. The molecule has 0 aromatic rings. The number of guanidine groups is 1. The number of carboxylic acid groups (broad SMARTS) is 1. The molecule has 1 unspecified atom stereocenters. The number of rotatable bonds is 4. The zero-order chi connectivity index (χ0) is 14.7. The normalized spacial score (nSPS) is 36.5. The van der Waals surface area contributed by atoms with Crippen LogP contribution in [0.25, 0.3) is 0 Å². The summed E-state index contributed by atoms with van der Waals surface area (Å²) in [6.07, 6.45) is -5.41. The van der Waals surface area contributed by atoms with Crippen LogP contribution in [0.3, 0.4) is 0 Å². The van der Waals surface area contributed by atoms with Gasteiger partial charge in [-0.05, 0) is 0 Å². The number of aliphatic imine (C=N–C) groups is 1. The average Bonchev–Trinajstić information content (AvgIpc) is 2.33. The van der Waals surface area contributed by atoms with E-state index >= 15 is 0 Å². The van der Waals surface area contributed by atoms with Crippen LogP contribution >= 0.6 is 0 Å². The number of ether oxygens (including phenoxy) is 1. The van der Waals surface area contributed by atoms with E-state index < -0.39 is 55.0 Å². The van der Waals surface area contributed by atoms with Gasteiger partial charge in [0.25, 0.3) is 0 Å². The number of hydrogen-bond acceptors (Lipinski definition) is 7. The van der Waals surface area contributed by atoms with Gasteiger partial charge in [0.15, 0.2) is 5.96 Å². The summed E-state index contributed by atoms with van der Waals surface area (Å²) >= 11 is 0. The van der Waals surface area contributed by atoms with Gasteiger partial charge in [-0.3, -0.25) is 4.79 Å². The number of aliphatic hydroxyl groups excluding tert-OH is 3. The van der Waals surface area contributed by atoms with Gasteiger partial charge in [-0.2, -0.15) is 0 Å². The highest BCUT2D eigenvalue weighted by Crippen LogP contribution is 2.25. The Morgan fingerprint density at radius 2 is 1.89 bits per heavy atom. The van der Waals surface area contributed by atoms with Gasteiger partial charge in [0.05, 0.1) is 6.61 Å². The number of nitrogens with two attached hydrogens (primary N) is 3. The predicted octanol–water partition coefficient (Wildman–Crippen LogP) is -4.48. The van der Waals surface area contributed by atoms with Crippen molar-refractivity contribution in [3.05, 3.63) is 0 Å². The first-order chi connectivity index (χ1) is 8.79. The Kier molecular flexibility index (Phi) is 5.03. The lowest BCUT2D eigenvalue weighted by Crippen LogP contribution is -2.64. The van der Waals surface area contributed by atoms with Gasteiger partial charge in [-0.25, -0.2) is 4.99 Å². The third kappa shape index (κ3) is 3.30. The number of aliphatic carboxylic acids is 1. The van der Waals surface area contributed by atoms with E-state index in [1.54, 1.807) is 0 Å². The zero-order valence-electron chi connectivity index (χ0n) is 9.96. The van der Waals surface area contributed by atoms with Crippen molar-refractivity contribution in [3.8, 4) is 0 Å². The van der Waals surface area contributed by atoms with Crippen LogP contribution in [0.2, 0.25) is 0 Å². The topological polar surface area (TPSA) is 198 Å². The van der Waals surface area contributed by atoms with E-state index in [-0.39, 0.29) is 0 Å². The second-order valence-corrected chi connectivity index (χ2v) is 4.21. The van der Waals surface area contributed by atoms with Crippen LogP contribution in [0.5, 0.6) is 0 Å². The molecule has 1 aliphatic rings. The summed E-state index contributed by atoms with van der Waals surface area (Å²) in [5.41, 5.74) is 15.7. The standard InChI is InChI=1S/C9H18N4O6/c10-3(8(17)18)7-6(16)4(13-9(11)12)5(15)2(1-14)19-7/h2-7,14-16H,1,10H2,(H,17,18)(H4,11,12,13)/t2-,3?,4-,5-,6-,7+/m1/s1. The summed E-state index contributed by atoms with van der Waals surface area (Å²) in [4.78, 5) is 14.4. The van der Waals surface area contributed by atoms with Gasteiger partial charge in [0.2, 0.25) is 0 Å². The molecule has 6 atom stereocenters. The molecule has 0 spiro atoms. The summed E-state index contributed by atoms with van der Waals surface area (Å²) in [6, 6.07) is -2.78. The highest BCUT2D eigenvalue weighted by Gasteiger charge is 2.48. The quantitative estimate of drug-likeness (QED) is 0.196. The van der Waals surface area contributed by atoms with Crippen molar-refractivity contribution in [3.63, 3.8) is 0 Å². The largest absolute Gasteiger partial charge is 0.480 e. The van der Waals surface area contributed by atoms with Gasteiger partial charge >= 0.3 is 5.97 Å². The van der Waals surface area contributed by atoms with Crippen molar-refractivity contribution >= 4 is 11.9 Å². The first kappa shape index (κ1) is 15.6. The van der Waals surface area contributed by atoms with Crippen LogP contribution in [0.1, 0.15) is 0 Å². The molecule has 1 rings (SSSR count). The molecule has 0 saturated carbocycles. The van der Waals surface area contributed by atoms with Crippen molar-refractivity contribution < 1.29 is 30.0 Å². The molecular formula is C9H18N4O6. The highest BCUT2D eigenvalue weighted by atomic mass is 16.5. The second kappa shape index (κ2) is 6.12. The van der Waals surface area contributed by atoms with E-state index in [1.807, 2.05) is 0 Å². The SMILES string of the molecule is NC(N)=N[C@H]1[C@@H](O)[C@H](C(N)C(=O)O)O[C@H](CO)[C@H]1O. The molecule has 1 heterocycles. The fraction of sp³-hybridized carbons (Fsp3) is 0.778. The zero-order valence-corrected chi connectivity index (χ0v) is 9.96. The molecule has 1 aliphatic heterocycles. The van der Waals surface area contributed by atoms with E-state index in [2.05, 4.69) is 4.99 Å². The van der Waals surface area contributed by atoms with E-state index in [0.29, 0.717) is 0 Å². The Bertz CT molecular complexity index is 361. The van der Waals surface area contributed by atoms with Crippen molar-refractivity contribution in [2.45, 2.75) is 36.5 Å². The van der Waals surface area contributed by atoms with E-state index in [0.717, 1.165) is 0 Å². The maximum Gasteiger partial charge on any atom is 0.323 e. The molecule has 0 aliphatic carbocycles. The number of aliphatic hydroxyl groups is 3. The second-order valence-electron chi connectivity index (χ2n) is 4.21. The summed E-state index contributed by atoms with van der Waals surface area (Å²) in [6.45, 7) is -0.604. The summed E-state index contributed by atoms with van der Waals surface area (Å²) < 4.78 is 5.09. The highest BCUT2D eigenvalue weighted by molar-refractivity contribution is 5.76. The van der Waals surface area contributed by atoms with Gasteiger partial charge in [-0.1, -0.05) is 0 Å². The van der Waals surface area contributed by atoms with Crippen molar-refractivity contribution in [1.29, 1.82) is 0 Å². The Morgan fingerprint density at radius 3 is 2.32 bits per heavy atom. The Labute approximate surface area is 108 Å². The van der Waals surface area contributed by atoms with Crippen LogP contribution in [0, 0.1) is 0 Å². The van der Waals surface area contributed by atoms with Gasteiger partial charge in [0, 0.05) is 0 Å². The van der Waals surface area contributed by atoms with Gasteiger partial charge < -0.3 is 42.4 Å². The van der Waals surface area contributed by atoms with Crippen molar-refractivity contribution in [2.24, 2.45) is 22.2 Å². The predicted molar refractivity (Wildman–Crippen MR) is 63.0 cm³/mol. The molecule has 110 valence electrons. The van der Waals surface area contributed by atoms with Crippen LogP contribution in [0.4, 0.5) is 0 Å². The molecule has 19 heavy (non-hydrogen) atoms. The lowest BCUT2D eigenvalue weighted by molar-refractivity contribution is -0.198. The minimum atomic E-state index is -1.55. The lowest BCUT2D eigenvalue weighted by Gasteiger charge is -2.41. The third-order valence-corrected chi connectivity index (χ3v) is 2.87. The molecule has 0 radical (unpaired) electrons. The fourth-order valence-corrected chi connectivity index (χ4v) is 1.89. The summed E-state index contributed by atoms with van der Waals surface area (Å²) in [5, 5.41) is 37.7. The molecule has 0 aromatic carbocycles. The van der Waals surface area contributed by atoms with Crippen molar-refractivity contribution in [2.75, 3.05) is 6.61 Å². The van der Waals surface area contributed by atoms with Crippen molar-refractivity contribution in [1.82, 2.24) is 0 Å². The summed E-state index contributed by atoms with van der Waals surface area (Å²) in [5.74, 6) is -1.80. The van der Waals surface area contributed by atoms with E-state index in [4.69, 9.17) is 32.2 Å². The maximum absolute atomic E-state index is 10.8. The number of carboxylic acids is 1. The number of carbonyl (C=O) groups is 1. The fourth-order valence-electron chi connectivity index (χ4n) is 1.89. The molecule has 0 aromatic heterocycles. The van der Waals surface area contributed by atoms with E-state index in [9.17, 15) is 15.0 Å². The number of nitrogens with zero attached hydrogens (tertiary/aromatic N) is 1. The summed E-state index contributed by atoms with van der Waals surface area (Å²) in [7, 11) is 0. The molecule has 1 saturated heterocycles. The van der Waals surface area contributed by atoms with Crippen LogP contribution < -0.4 is 17.2 Å². The minimum absolute atomic E-state index is 0.399. The molecule has 1 fully saturated rings. The molecule has 10 nitrogen and oxygen atoms in total. The smallest absolute Gasteiger partial charge is 0.323 e. The monoisotopic (exact) mass is 278 g/mol. The maximum atomic E-state index is 10.8.